The summed E-state index contributed by atoms with van der Waals surface area (Å²) in [6.07, 6.45) is -4.62. The molecular weight excluding hydrogens is 332 g/mol. The number of nitrogens with one attached hydrogen (secondary N) is 1. The Hall–Kier alpha value is -2.97. The Balaban J connectivity index is 2.45. The third kappa shape index (κ3) is 4.28. The molecule has 0 atom stereocenters. The summed E-state index contributed by atoms with van der Waals surface area (Å²) < 4.78 is 49.7. The summed E-state index contributed by atoms with van der Waals surface area (Å²) >= 11 is 0. The van der Waals surface area contributed by atoms with Gasteiger partial charge >= 0.3 is 6.18 Å². The zero-order chi connectivity index (χ0) is 17.9. The molecule has 0 spiro atoms. The first-order chi connectivity index (χ1) is 11.2. The van der Waals surface area contributed by atoms with Crippen molar-refractivity contribution in [3.8, 4) is 11.1 Å². The van der Waals surface area contributed by atoms with E-state index in [1.54, 1.807) is 5.32 Å². The summed E-state index contributed by atoms with van der Waals surface area (Å²) in [5.41, 5.74) is -0.262. The molecule has 0 aromatic heterocycles. The van der Waals surface area contributed by atoms with Gasteiger partial charge in [-0.3, -0.25) is 14.9 Å². The zero-order valence-corrected chi connectivity index (χ0v) is 11.9. The lowest BCUT2D eigenvalue weighted by Crippen LogP contribution is -2.34. The SMILES string of the molecule is O=C(NCC(F)(F)F)c1cc([N+](=O)[O-])ccc1-c1ccc(F)cc1. The topological polar surface area (TPSA) is 72.2 Å². The summed E-state index contributed by atoms with van der Waals surface area (Å²) in [4.78, 5) is 22.1. The minimum atomic E-state index is -4.62. The molecule has 1 amide bonds. The first kappa shape index (κ1) is 17.4. The fourth-order valence-electron chi connectivity index (χ4n) is 1.99. The second-order valence-electron chi connectivity index (χ2n) is 4.79. The van der Waals surface area contributed by atoms with E-state index in [2.05, 4.69) is 0 Å². The quantitative estimate of drug-likeness (QED) is 0.523. The Labute approximate surface area is 133 Å². The molecule has 9 heteroatoms. The van der Waals surface area contributed by atoms with Crippen molar-refractivity contribution in [3.05, 3.63) is 64.0 Å². The fraction of sp³-hybridized carbons (Fsp3) is 0.133. The number of alkyl halides is 3. The minimum Gasteiger partial charge on any atom is -0.343 e. The van der Waals surface area contributed by atoms with Gasteiger partial charge in [0.05, 0.1) is 10.5 Å². The Morgan fingerprint density at radius 1 is 1.12 bits per heavy atom. The van der Waals surface area contributed by atoms with Crippen molar-refractivity contribution in [1.29, 1.82) is 0 Å². The van der Waals surface area contributed by atoms with Crippen LogP contribution in [0.25, 0.3) is 11.1 Å². The molecule has 0 aliphatic heterocycles. The van der Waals surface area contributed by atoms with E-state index in [1.165, 1.54) is 18.2 Å². The highest BCUT2D eigenvalue weighted by Crippen LogP contribution is 2.28. The molecular formula is C15H10F4N2O3. The highest BCUT2D eigenvalue weighted by Gasteiger charge is 2.28. The highest BCUT2D eigenvalue weighted by molar-refractivity contribution is 6.01. The van der Waals surface area contributed by atoms with E-state index < -0.39 is 35.1 Å². The maximum absolute atomic E-state index is 13.0. The zero-order valence-electron chi connectivity index (χ0n) is 11.9. The molecule has 0 radical (unpaired) electrons. The maximum atomic E-state index is 13.0. The molecule has 5 nitrogen and oxygen atoms in total. The molecule has 1 N–H and O–H groups in total. The largest absolute Gasteiger partial charge is 0.405 e. The first-order valence-corrected chi connectivity index (χ1v) is 6.57. The van der Waals surface area contributed by atoms with Gasteiger partial charge in [0.15, 0.2) is 0 Å². The lowest BCUT2D eigenvalue weighted by atomic mass is 9.98. The van der Waals surface area contributed by atoms with Crippen LogP contribution in [-0.4, -0.2) is 23.6 Å². The standard InChI is InChI=1S/C15H10F4N2O3/c16-10-3-1-9(2-4-10)12-6-5-11(21(23)24)7-13(12)14(22)20-8-15(17,18)19/h1-7H,8H2,(H,20,22). The number of benzene rings is 2. The predicted molar refractivity (Wildman–Crippen MR) is 76.9 cm³/mol. The van der Waals surface area contributed by atoms with Crippen molar-refractivity contribution in [2.75, 3.05) is 6.54 Å². The van der Waals surface area contributed by atoms with Crippen molar-refractivity contribution < 1.29 is 27.3 Å². The molecule has 2 aromatic carbocycles. The second kappa shape index (κ2) is 6.65. The van der Waals surface area contributed by atoms with E-state index in [0.29, 0.717) is 5.56 Å². The summed E-state index contributed by atoms with van der Waals surface area (Å²) in [5.74, 6) is -1.65. The van der Waals surface area contributed by atoms with Crippen LogP contribution < -0.4 is 5.32 Å². The number of halogens is 4. The number of nitro benzene ring substituents is 1. The molecule has 2 rings (SSSR count). The van der Waals surface area contributed by atoms with Gasteiger partial charge in [0.2, 0.25) is 0 Å². The summed E-state index contributed by atoms with van der Waals surface area (Å²) in [7, 11) is 0. The Morgan fingerprint density at radius 3 is 2.29 bits per heavy atom. The van der Waals surface area contributed by atoms with Crippen LogP contribution in [-0.2, 0) is 0 Å². The van der Waals surface area contributed by atoms with E-state index in [4.69, 9.17) is 0 Å². The second-order valence-corrected chi connectivity index (χ2v) is 4.79. The van der Waals surface area contributed by atoms with Crippen molar-refractivity contribution in [2.45, 2.75) is 6.18 Å². The lowest BCUT2D eigenvalue weighted by molar-refractivity contribution is -0.384. The summed E-state index contributed by atoms with van der Waals surface area (Å²) in [6.45, 7) is -1.57. The monoisotopic (exact) mass is 342 g/mol. The summed E-state index contributed by atoms with van der Waals surface area (Å²) in [6, 6.07) is 8.06. The predicted octanol–water partition coefficient (Wildman–Crippen LogP) is 3.69. The molecule has 126 valence electrons. The van der Waals surface area contributed by atoms with Gasteiger partial charge in [-0.2, -0.15) is 13.2 Å². The van der Waals surface area contributed by atoms with Gasteiger partial charge in [0.25, 0.3) is 11.6 Å². The van der Waals surface area contributed by atoms with Gasteiger partial charge in [-0.05, 0) is 29.3 Å². The fourth-order valence-corrected chi connectivity index (χ4v) is 1.99. The average Bonchev–Trinajstić information content (AvgIpc) is 2.52. The molecule has 0 aliphatic rings. The molecule has 24 heavy (non-hydrogen) atoms. The molecule has 2 aromatic rings. The van der Waals surface area contributed by atoms with Crippen LogP contribution in [0.5, 0.6) is 0 Å². The third-order valence-electron chi connectivity index (χ3n) is 3.06. The van der Waals surface area contributed by atoms with Gasteiger partial charge in [-0.1, -0.05) is 12.1 Å². The molecule has 0 saturated heterocycles. The molecule has 0 heterocycles. The van der Waals surface area contributed by atoms with E-state index in [-0.39, 0.29) is 11.1 Å². The summed E-state index contributed by atoms with van der Waals surface area (Å²) in [5, 5.41) is 12.5. The van der Waals surface area contributed by atoms with Gasteiger partial charge in [-0.15, -0.1) is 0 Å². The Kier molecular flexibility index (Phi) is 4.82. The molecule has 0 fully saturated rings. The number of nitrogens with zero attached hydrogens (tertiary/aromatic N) is 1. The van der Waals surface area contributed by atoms with Gasteiger partial charge < -0.3 is 5.32 Å². The van der Waals surface area contributed by atoms with E-state index in [1.807, 2.05) is 0 Å². The van der Waals surface area contributed by atoms with Crippen molar-refractivity contribution >= 4 is 11.6 Å². The number of amides is 1. The molecule has 0 unspecified atom stereocenters. The molecule has 0 bridgehead atoms. The third-order valence-corrected chi connectivity index (χ3v) is 3.06. The maximum Gasteiger partial charge on any atom is 0.405 e. The van der Waals surface area contributed by atoms with E-state index in [0.717, 1.165) is 24.3 Å². The number of hydrogen-bond acceptors (Lipinski definition) is 3. The molecule has 0 saturated carbocycles. The molecule has 0 aliphatic carbocycles. The van der Waals surface area contributed by atoms with Crippen LogP contribution in [0.3, 0.4) is 0 Å². The van der Waals surface area contributed by atoms with Crippen LogP contribution in [0, 0.1) is 15.9 Å². The number of rotatable bonds is 4. The van der Waals surface area contributed by atoms with Crippen LogP contribution >= 0.6 is 0 Å². The van der Waals surface area contributed by atoms with E-state index in [9.17, 15) is 32.5 Å². The number of hydrogen-bond donors (Lipinski definition) is 1. The number of non-ortho nitro benzene ring substituents is 1. The van der Waals surface area contributed by atoms with Crippen molar-refractivity contribution in [3.63, 3.8) is 0 Å². The number of nitro groups is 1. The smallest absolute Gasteiger partial charge is 0.343 e. The van der Waals surface area contributed by atoms with Crippen LogP contribution in [0.1, 0.15) is 10.4 Å². The first-order valence-electron chi connectivity index (χ1n) is 6.57. The Morgan fingerprint density at radius 2 is 1.75 bits per heavy atom. The van der Waals surface area contributed by atoms with Crippen LogP contribution in [0.4, 0.5) is 23.2 Å². The lowest BCUT2D eigenvalue weighted by Gasteiger charge is -2.12. The normalized spacial score (nSPS) is 11.2. The highest BCUT2D eigenvalue weighted by atomic mass is 19.4. The number of carbonyl (C=O) groups excluding carboxylic acids is 1. The van der Waals surface area contributed by atoms with Crippen molar-refractivity contribution in [1.82, 2.24) is 5.32 Å². The van der Waals surface area contributed by atoms with E-state index >= 15 is 0 Å². The Bertz CT molecular complexity index is 773. The minimum absolute atomic E-state index is 0.153. The van der Waals surface area contributed by atoms with Gasteiger partial charge in [-0.25, -0.2) is 4.39 Å². The van der Waals surface area contributed by atoms with Gasteiger partial charge in [0.1, 0.15) is 12.4 Å². The van der Waals surface area contributed by atoms with Crippen molar-refractivity contribution in [2.24, 2.45) is 0 Å². The van der Waals surface area contributed by atoms with Crippen LogP contribution in [0.15, 0.2) is 42.5 Å². The van der Waals surface area contributed by atoms with Crippen LogP contribution in [0.2, 0.25) is 0 Å². The average molecular weight is 342 g/mol. The number of carbonyl (C=O) groups is 1. The van der Waals surface area contributed by atoms with Gasteiger partial charge in [0, 0.05) is 12.1 Å².